The lowest BCUT2D eigenvalue weighted by atomic mass is 10.1. The first-order valence-electron chi connectivity index (χ1n) is 7.55. The molecule has 1 N–H and O–H groups in total. The van der Waals surface area contributed by atoms with Crippen LogP contribution in [0.1, 0.15) is 11.1 Å². The van der Waals surface area contributed by atoms with E-state index in [-0.39, 0.29) is 5.91 Å². The highest BCUT2D eigenvalue weighted by atomic mass is 16.5. The predicted molar refractivity (Wildman–Crippen MR) is 90.0 cm³/mol. The molecule has 0 fully saturated rings. The van der Waals surface area contributed by atoms with Gasteiger partial charge in [0.25, 0.3) is 0 Å². The molecule has 0 unspecified atom stereocenters. The maximum Gasteiger partial charge on any atom is 0.419 e. The lowest BCUT2D eigenvalue weighted by Gasteiger charge is -2.06. The third-order valence-electron chi connectivity index (χ3n) is 3.87. The van der Waals surface area contributed by atoms with Gasteiger partial charge in [0.1, 0.15) is 5.75 Å². The minimum absolute atomic E-state index is 0.0682. The lowest BCUT2D eigenvalue weighted by molar-refractivity contribution is -0.120. The predicted octanol–water partition coefficient (Wildman–Crippen LogP) is 2.00. The third kappa shape index (κ3) is 3.32. The summed E-state index contributed by atoms with van der Waals surface area (Å²) in [4.78, 5) is 23.5. The van der Waals surface area contributed by atoms with Crippen molar-refractivity contribution in [3.8, 4) is 5.75 Å². The monoisotopic (exact) mass is 326 g/mol. The molecule has 2 aromatic carbocycles. The minimum Gasteiger partial charge on any atom is -0.497 e. The van der Waals surface area contributed by atoms with Crippen molar-refractivity contribution in [1.82, 2.24) is 9.88 Å². The Bertz CT molecular complexity index is 922. The van der Waals surface area contributed by atoms with Crippen molar-refractivity contribution < 1.29 is 13.9 Å². The van der Waals surface area contributed by atoms with Gasteiger partial charge in [0.2, 0.25) is 5.91 Å². The van der Waals surface area contributed by atoms with Crippen LogP contribution in [0.2, 0.25) is 0 Å². The Morgan fingerprint density at radius 1 is 1.17 bits per heavy atom. The van der Waals surface area contributed by atoms with Crippen molar-refractivity contribution in [2.24, 2.45) is 7.05 Å². The molecular weight excluding hydrogens is 308 g/mol. The van der Waals surface area contributed by atoms with Gasteiger partial charge in [0, 0.05) is 13.6 Å². The van der Waals surface area contributed by atoms with Crippen LogP contribution in [0.25, 0.3) is 11.1 Å². The zero-order chi connectivity index (χ0) is 17.1. The zero-order valence-corrected chi connectivity index (χ0v) is 13.5. The van der Waals surface area contributed by atoms with Gasteiger partial charge < -0.3 is 14.5 Å². The first kappa shape index (κ1) is 15.9. The Morgan fingerprint density at radius 2 is 1.88 bits per heavy atom. The van der Waals surface area contributed by atoms with E-state index in [2.05, 4.69) is 5.32 Å². The van der Waals surface area contributed by atoms with Crippen molar-refractivity contribution >= 4 is 17.0 Å². The molecular formula is C18H18N2O4. The molecule has 0 aliphatic carbocycles. The number of amides is 1. The number of rotatable bonds is 5. The smallest absolute Gasteiger partial charge is 0.419 e. The van der Waals surface area contributed by atoms with E-state index in [1.165, 1.54) is 4.57 Å². The number of methoxy groups -OCH3 is 1. The highest BCUT2D eigenvalue weighted by Crippen LogP contribution is 2.14. The van der Waals surface area contributed by atoms with Crippen LogP contribution >= 0.6 is 0 Å². The molecule has 0 aliphatic heterocycles. The molecule has 6 heteroatoms. The molecule has 3 aromatic rings. The molecule has 1 heterocycles. The lowest BCUT2D eigenvalue weighted by Crippen LogP contribution is -2.24. The van der Waals surface area contributed by atoms with Crippen LogP contribution < -0.4 is 15.8 Å². The summed E-state index contributed by atoms with van der Waals surface area (Å²) in [6, 6.07) is 12.8. The fraction of sp³-hybridized carbons (Fsp3) is 0.222. The summed E-state index contributed by atoms with van der Waals surface area (Å²) in [5.74, 6) is 0.297. The summed E-state index contributed by atoms with van der Waals surface area (Å²) < 4.78 is 11.6. The van der Waals surface area contributed by atoms with Crippen molar-refractivity contribution in [2.45, 2.75) is 13.0 Å². The van der Waals surface area contributed by atoms with Crippen LogP contribution in [0.3, 0.4) is 0 Å². The van der Waals surface area contributed by atoms with E-state index in [1.54, 1.807) is 20.2 Å². The van der Waals surface area contributed by atoms with Gasteiger partial charge in [-0.15, -0.1) is 0 Å². The van der Waals surface area contributed by atoms with Gasteiger partial charge in [-0.25, -0.2) is 4.79 Å². The summed E-state index contributed by atoms with van der Waals surface area (Å²) in [6.45, 7) is 0.393. The second-order valence-electron chi connectivity index (χ2n) is 5.53. The van der Waals surface area contributed by atoms with E-state index in [1.807, 2.05) is 36.4 Å². The molecule has 0 bridgehead atoms. The summed E-state index contributed by atoms with van der Waals surface area (Å²) in [6.07, 6.45) is 0.302. The Hall–Kier alpha value is -3.02. The number of benzene rings is 2. The third-order valence-corrected chi connectivity index (χ3v) is 3.87. The maximum atomic E-state index is 12.1. The zero-order valence-electron chi connectivity index (χ0n) is 13.5. The van der Waals surface area contributed by atoms with Crippen LogP contribution in [0.5, 0.6) is 5.75 Å². The molecule has 0 saturated carbocycles. The average Bonchev–Trinajstić information content (AvgIpc) is 2.88. The van der Waals surface area contributed by atoms with Gasteiger partial charge in [-0.05, 0) is 35.4 Å². The van der Waals surface area contributed by atoms with Crippen LogP contribution in [0.15, 0.2) is 51.7 Å². The van der Waals surface area contributed by atoms with Gasteiger partial charge in [-0.3, -0.25) is 9.36 Å². The van der Waals surface area contributed by atoms with Crippen LogP contribution in [0, 0.1) is 0 Å². The van der Waals surface area contributed by atoms with E-state index in [9.17, 15) is 9.59 Å². The molecule has 1 aromatic heterocycles. The number of aryl methyl sites for hydroxylation is 1. The molecule has 0 atom stereocenters. The SMILES string of the molecule is COc1ccc(CC(=O)NCc2ccc3oc(=O)n(C)c3c2)cc1. The number of hydrogen-bond donors (Lipinski definition) is 1. The number of nitrogens with one attached hydrogen (secondary N) is 1. The van der Waals surface area contributed by atoms with Crippen molar-refractivity contribution in [2.75, 3.05) is 7.11 Å². The Balaban J connectivity index is 1.63. The number of fused-ring (bicyclic) bond motifs is 1. The molecule has 0 radical (unpaired) electrons. The molecule has 3 rings (SSSR count). The van der Waals surface area contributed by atoms with Crippen LogP contribution in [-0.4, -0.2) is 17.6 Å². The normalized spacial score (nSPS) is 10.8. The second-order valence-corrected chi connectivity index (χ2v) is 5.53. The van der Waals surface area contributed by atoms with Gasteiger partial charge >= 0.3 is 5.76 Å². The fourth-order valence-electron chi connectivity index (χ4n) is 2.47. The Morgan fingerprint density at radius 3 is 2.58 bits per heavy atom. The van der Waals surface area contributed by atoms with Gasteiger partial charge in [-0.2, -0.15) is 0 Å². The topological polar surface area (TPSA) is 73.5 Å². The fourth-order valence-corrected chi connectivity index (χ4v) is 2.47. The largest absolute Gasteiger partial charge is 0.497 e. The molecule has 0 aliphatic rings. The van der Waals surface area contributed by atoms with E-state index in [4.69, 9.17) is 9.15 Å². The minimum atomic E-state index is -0.398. The highest BCUT2D eigenvalue weighted by Gasteiger charge is 2.08. The summed E-state index contributed by atoms with van der Waals surface area (Å²) in [7, 11) is 3.26. The summed E-state index contributed by atoms with van der Waals surface area (Å²) >= 11 is 0. The molecule has 1 amide bonds. The second kappa shape index (κ2) is 6.62. The number of carbonyl (C=O) groups excluding carboxylic acids is 1. The number of oxazole rings is 1. The maximum absolute atomic E-state index is 12.1. The average molecular weight is 326 g/mol. The van der Waals surface area contributed by atoms with Gasteiger partial charge in [-0.1, -0.05) is 18.2 Å². The van der Waals surface area contributed by atoms with Crippen LogP contribution in [0.4, 0.5) is 0 Å². The van der Waals surface area contributed by atoms with Gasteiger partial charge in [0.15, 0.2) is 5.58 Å². The molecule has 0 saturated heterocycles. The van der Waals surface area contributed by atoms with E-state index < -0.39 is 5.76 Å². The Labute approximate surface area is 138 Å². The number of ether oxygens (including phenoxy) is 1. The van der Waals surface area contributed by atoms with Crippen molar-refractivity contribution in [3.05, 3.63) is 64.1 Å². The Kier molecular flexibility index (Phi) is 4.37. The standard InChI is InChI=1S/C18H18N2O4/c1-20-15-9-13(5-8-16(15)24-18(20)22)11-19-17(21)10-12-3-6-14(23-2)7-4-12/h3-9H,10-11H2,1-2H3,(H,19,21). The highest BCUT2D eigenvalue weighted by molar-refractivity contribution is 5.79. The molecule has 24 heavy (non-hydrogen) atoms. The first-order valence-corrected chi connectivity index (χ1v) is 7.55. The first-order chi connectivity index (χ1) is 11.6. The van der Waals surface area contributed by atoms with E-state index in [0.29, 0.717) is 24.1 Å². The molecule has 124 valence electrons. The summed E-state index contributed by atoms with van der Waals surface area (Å²) in [5, 5.41) is 2.88. The van der Waals surface area contributed by atoms with E-state index in [0.717, 1.165) is 16.9 Å². The summed E-state index contributed by atoms with van der Waals surface area (Å²) in [5.41, 5.74) is 3.07. The molecule has 6 nitrogen and oxygen atoms in total. The van der Waals surface area contributed by atoms with E-state index >= 15 is 0 Å². The quantitative estimate of drug-likeness (QED) is 0.778. The van der Waals surface area contributed by atoms with Gasteiger partial charge in [0.05, 0.1) is 19.0 Å². The number of nitrogens with zero attached hydrogens (tertiary/aromatic N) is 1. The number of carbonyl (C=O) groups is 1. The molecule has 0 spiro atoms. The van der Waals surface area contributed by atoms with Crippen LogP contribution in [-0.2, 0) is 24.8 Å². The van der Waals surface area contributed by atoms with Crippen molar-refractivity contribution in [1.29, 1.82) is 0 Å². The number of aromatic nitrogens is 1. The van der Waals surface area contributed by atoms with Crippen molar-refractivity contribution in [3.63, 3.8) is 0 Å². The number of hydrogen-bond acceptors (Lipinski definition) is 4.